The van der Waals surface area contributed by atoms with Crippen LogP contribution in [0, 0.1) is 11.8 Å². The zero-order valence-corrected chi connectivity index (χ0v) is 19.8. The van der Waals surface area contributed by atoms with Crippen LogP contribution in [0.25, 0.3) is 5.78 Å². The molecule has 7 nitrogen and oxygen atoms in total. The lowest BCUT2D eigenvalue weighted by Gasteiger charge is -2.38. The lowest BCUT2D eigenvalue weighted by molar-refractivity contribution is 0.226. The van der Waals surface area contributed by atoms with Gasteiger partial charge in [0, 0.05) is 29.2 Å². The van der Waals surface area contributed by atoms with E-state index in [4.69, 9.17) is 28.2 Å². The second kappa shape index (κ2) is 9.41. The molecule has 5 rings (SSSR count). The summed E-state index contributed by atoms with van der Waals surface area (Å²) in [5.41, 5.74) is 0.976. The Labute approximate surface area is 198 Å². The molecule has 2 atom stereocenters. The third-order valence-corrected chi connectivity index (χ3v) is 7.46. The van der Waals surface area contributed by atoms with Crippen molar-refractivity contribution in [3.63, 3.8) is 0 Å². The molecule has 0 unspecified atom stereocenters. The Hall–Kier alpha value is -2.09. The van der Waals surface area contributed by atoms with E-state index in [1.54, 1.807) is 16.9 Å². The number of rotatable bonds is 5. The van der Waals surface area contributed by atoms with Crippen molar-refractivity contribution in [1.82, 2.24) is 24.9 Å². The number of benzene rings is 1. The fourth-order valence-electron chi connectivity index (χ4n) is 5.10. The van der Waals surface area contributed by atoms with Crippen molar-refractivity contribution in [3.8, 4) is 0 Å². The van der Waals surface area contributed by atoms with Crippen LogP contribution in [0.3, 0.4) is 0 Å². The monoisotopic (exact) mass is 473 g/mol. The molecule has 2 aliphatic rings. The van der Waals surface area contributed by atoms with E-state index < -0.39 is 0 Å². The van der Waals surface area contributed by atoms with Gasteiger partial charge in [-0.1, -0.05) is 29.3 Å². The van der Waals surface area contributed by atoms with Crippen molar-refractivity contribution in [2.75, 3.05) is 36.4 Å². The van der Waals surface area contributed by atoms with E-state index in [0.29, 0.717) is 15.8 Å². The third-order valence-electron chi connectivity index (χ3n) is 6.90. The number of halogens is 2. The first kappa shape index (κ1) is 21.7. The SMILES string of the molecule is C[C@@H](Nc1cc(N2CCC([C@H]3CCCNC3)CC2)nc2ncnn12)c1ccc(Cl)cc1Cl. The number of anilines is 2. The van der Waals surface area contributed by atoms with Gasteiger partial charge in [-0.15, -0.1) is 0 Å². The van der Waals surface area contributed by atoms with Crippen LogP contribution in [0.2, 0.25) is 10.0 Å². The number of nitrogens with one attached hydrogen (secondary N) is 2. The van der Waals surface area contributed by atoms with E-state index in [1.165, 1.54) is 38.8 Å². The molecule has 170 valence electrons. The number of fused-ring (bicyclic) bond motifs is 1. The van der Waals surface area contributed by atoms with Gasteiger partial charge < -0.3 is 15.5 Å². The van der Waals surface area contributed by atoms with Gasteiger partial charge in [-0.25, -0.2) is 0 Å². The van der Waals surface area contributed by atoms with Gasteiger partial charge in [0.25, 0.3) is 5.78 Å². The van der Waals surface area contributed by atoms with Crippen molar-refractivity contribution < 1.29 is 0 Å². The fourth-order valence-corrected chi connectivity index (χ4v) is 5.67. The maximum Gasteiger partial charge on any atom is 0.256 e. The van der Waals surface area contributed by atoms with Gasteiger partial charge in [-0.3, -0.25) is 0 Å². The molecule has 2 fully saturated rings. The first-order valence-electron chi connectivity index (χ1n) is 11.5. The molecule has 0 bridgehead atoms. The van der Waals surface area contributed by atoms with Crippen LogP contribution in [-0.2, 0) is 0 Å². The first-order chi connectivity index (χ1) is 15.6. The van der Waals surface area contributed by atoms with Crippen molar-refractivity contribution in [2.24, 2.45) is 11.8 Å². The highest BCUT2D eigenvalue weighted by molar-refractivity contribution is 6.35. The third kappa shape index (κ3) is 4.51. The first-order valence-corrected chi connectivity index (χ1v) is 12.2. The molecule has 2 saturated heterocycles. The van der Waals surface area contributed by atoms with Gasteiger partial charge in [0.1, 0.15) is 18.0 Å². The number of nitrogens with zero attached hydrogens (tertiary/aromatic N) is 5. The summed E-state index contributed by atoms with van der Waals surface area (Å²) in [6.07, 6.45) is 6.64. The highest BCUT2D eigenvalue weighted by Crippen LogP contribution is 2.33. The van der Waals surface area contributed by atoms with E-state index >= 15 is 0 Å². The highest BCUT2D eigenvalue weighted by Gasteiger charge is 2.28. The summed E-state index contributed by atoms with van der Waals surface area (Å²) in [5, 5.41) is 12.7. The summed E-state index contributed by atoms with van der Waals surface area (Å²) in [6.45, 7) is 6.47. The maximum absolute atomic E-state index is 6.43. The van der Waals surface area contributed by atoms with E-state index in [9.17, 15) is 0 Å². The Kier molecular flexibility index (Phi) is 6.40. The summed E-state index contributed by atoms with van der Waals surface area (Å²) < 4.78 is 1.74. The van der Waals surface area contributed by atoms with Crippen molar-refractivity contribution in [2.45, 2.75) is 38.6 Å². The number of piperidine rings is 2. The minimum absolute atomic E-state index is 0.0352. The molecule has 3 aromatic rings. The second-order valence-electron chi connectivity index (χ2n) is 8.93. The molecule has 0 amide bonds. The molecule has 2 N–H and O–H groups in total. The average molecular weight is 474 g/mol. The average Bonchev–Trinajstić information content (AvgIpc) is 3.29. The molecular formula is C23H29Cl2N7. The van der Waals surface area contributed by atoms with Crippen LogP contribution >= 0.6 is 23.2 Å². The van der Waals surface area contributed by atoms with Crippen LogP contribution in [0.1, 0.15) is 44.2 Å². The second-order valence-corrected chi connectivity index (χ2v) is 9.78. The molecular weight excluding hydrogens is 445 g/mol. The van der Waals surface area contributed by atoms with Gasteiger partial charge in [0.15, 0.2) is 0 Å². The molecule has 0 aliphatic carbocycles. The van der Waals surface area contributed by atoms with Crippen LogP contribution in [0.5, 0.6) is 0 Å². The molecule has 9 heteroatoms. The zero-order valence-electron chi connectivity index (χ0n) is 18.3. The Balaban J connectivity index is 1.34. The van der Waals surface area contributed by atoms with Crippen molar-refractivity contribution >= 4 is 40.6 Å². The molecule has 1 aromatic carbocycles. The quantitative estimate of drug-likeness (QED) is 0.553. The van der Waals surface area contributed by atoms with Crippen molar-refractivity contribution in [3.05, 3.63) is 46.2 Å². The summed E-state index contributed by atoms with van der Waals surface area (Å²) in [6, 6.07) is 7.62. The van der Waals surface area contributed by atoms with E-state index in [0.717, 1.165) is 42.1 Å². The minimum Gasteiger partial charge on any atom is -0.363 e. The summed E-state index contributed by atoms with van der Waals surface area (Å²) in [7, 11) is 0. The largest absolute Gasteiger partial charge is 0.363 e. The van der Waals surface area contributed by atoms with Gasteiger partial charge in [0.05, 0.1) is 6.04 Å². The van der Waals surface area contributed by atoms with Gasteiger partial charge in [-0.05, 0) is 75.2 Å². The zero-order chi connectivity index (χ0) is 22.1. The van der Waals surface area contributed by atoms with Crippen LogP contribution in [-0.4, -0.2) is 45.8 Å². The number of hydrogen-bond acceptors (Lipinski definition) is 6. The summed E-state index contributed by atoms with van der Waals surface area (Å²) in [4.78, 5) is 11.5. The van der Waals surface area contributed by atoms with Gasteiger partial charge >= 0.3 is 0 Å². The summed E-state index contributed by atoms with van der Waals surface area (Å²) in [5.74, 6) is 4.01. The smallest absolute Gasteiger partial charge is 0.256 e. The standard InChI is InChI=1S/C23H29Cl2N7/c1-15(19-5-4-18(24)11-20(19)25)29-22-12-21(30-23-27-14-28-32(22)23)31-9-6-16(7-10-31)17-3-2-8-26-13-17/h4-5,11-12,14-17,26,29H,2-3,6-10,13H2,1H3/t15-,17+/m1/s1. The predicted octanol–water partition coefficient (Wildman–Crippen LogP) is 4.82. The van der Waals surface area contributed by atoms with Crippen LogP contribution in [0.4, 0.5) is 11.6 Å². The molecule has 0 saturated carbocycles. The lowest BCUT2D eigenvalue weighted by Crippen LogP contribution is -2.41. The Morgan fingerprint density at radius 2 is 1.97 bits per heavy atom. The van der Waals surface area contributed by atoms with Crippen LogP contribution < -0.4 is 15.5 Å². The van der Waals surface area contributed by atoms with E-state index in [1.807, 2.05) is 12.1 Å². The summed E-state index contributed by atoms with van der Waals surface area (Å²) >= 11 is 12.5. The Morgan fingerprint density at radius 3 is 2.72 bits per heavy atom. The molecule has 0 spiro atoms. The van der Waals surface area contributed by atoms with E-state index in [-0.39, 0.29) is 6.04 Å². The fraction of sp³-hybridized carbons (Fsp3) is 0.522. The molecule has 32 heavy (non-hydrogen) atoms. The topological polar surface area (TPSA) is 70.4 Å². The minimum atomic E-state index is -0.0352. The number of aromatic nitrogens is 4. The van der Waals surface area contributed by atoms with Crippen LogP contribution in [0.15, 0.2) is 30.6 Å². The predicted molar refractivity (Wildman–Crippen MR) is 130 cm³/mol. The highest BCUT2D eigenvalue weighted by atomic mass is 35.5. The maximum atomic E-state index is 6.43. The normalized spacial score (nSPS) is 21.1. The van der Waals surface area contributed by atoms with Crippen molar-refractivity contribution in [1.29, 1.82) is 0 Å². The van der Waals surface area contributed by atoms with E-state index in [2.05, 4.69) is 38.6 Å². The molecule has 2 aromatic heterocycles. The number of hydrogen-bond donors (Lipinski definition) is 2. The molecule has 0 radical (unpaired) electrons. The lowest BCUT2D eigenvalue weighted by atomic mass is 9.80. The molecule has 2 aliphatic heterocycles. The Morgan fingerprint density at radius 1 is 1.12 bits per heavy atom. The van der Waals surface area contributed by atoms with Gasteiger partial charge in [-0.2, -0.15) is 19.6 Å². The van der Waals surface area contributed by atoms with Gasteiger partial charge in [0.2, 0.25) is 0 Å². The molecule has 4 heterocycles. The Bertz CT molecular complexity index is 1070.